The molecule has 1 aliphatic heterocycles. The number of benzene rings is 2. The van der Waals surface area contributed by atoms with Crippen LogP contribution in [0.5, 0.6) is 11.5 Å². The Bertz CT molecular complexity index is 1040. The van der Waals surface area contributed by atoms with Crippen LogP contribution in [-0.2, 0) is 10.0 Å². The van der Waals surface area contributed by atoms with E-state index in [2.05, 4.69) is 0 Å². The molecule has 3 rings (SSSR count). The van der Waals surface area contributed by atoms with Crippen LogP contribution in [0.4, 0.5) is 5.69 Å². The van der Waals surface area contributed by atoms with Gasteiger partial charge in [0.05, 0.1) is 9.82 Å². The van der Waals surface area contributed by atoms with Crippen molar-refractivity contribution < 1.29 is 18.1 Å². The average Bonchev–Trinajstić information content (AvgIpc) is 2.66. The summed E-state index contributed by atoms with van der Waals surface area (Å²) in [5.74, 6) is 0.528. The molecule has 8 nitrogen and oxygen atoms in total. The molecule has 9 heteroatoms. The van der Waals surface area contributed by atoms with E-state index < -0.39 is 14.9 Å². The molecule has 29 heavy (non-hydrogen) atoms. The molecule has 0 N–H and O–H groups in total. The van der Waals surface area contributed by atoms with Gasteiger partial charge in [0.15, 0.2) is 0 Å². The summed E-state index contributed by atoms with van der Waals surface area (Å²) in [6.45, 7) is 7.68. The Balaban J connectivity index is 1.97. The van der Waals surface area contributed by atoms with Crippen molar-refractivity contribution in [1.82, 2.24) is 9.21 Å². The van der Waals surface area contributed by atoms with Gasteiger partial charge in [-0.15, -0.1) is 0 Å². The molecule has 1 heterocycles. The van der Waals surface area contributed by atoms with Gasteiger partial charge in [-0.25, -0.2) is 8.42 Å². The van der Waals surface area contributed by atoms with Crippen molar-refractivity contribution in [3.8, 4) is 11.5 Å². The lowest BCUT2D eigenvalue weighted by molar-refractivity contribution is -0.385. The van der Waals surface area contributed by atoms with Crippen LogP contribution >= 0.6 is 0 Å². The van der Waals surface area contributed by atoms with E-state index in [0.29, 0.717) is 31.9 Å². The third-order valence-corrected chi connectivity index (χ3v) is 7.11. The minimum Gasteiger partial charge on any atom is -0.450 e. The molecule has 0 atom stereocenters. The summed E-state index contributed by atoms with van der Waals surface area (Å²) in [5.41, 5.74) is 2.48. The number of hydrogen-bond donors (Lipinski definition) is 0. The van der Waals surface area contributed by atoms with Crippen LogP contribution in [0.1, 0.15) is 16.7 Å². The van der Waals surface area contributed by atoms with Crippen molar-refractivity contribution in [2.75, 3.05) is 33.2 Å². The molecule has 0 radical (unpaired) electrons. The van der Waals surface area contributed by atoms with Gasteiger partial charge in [0.1, 0.15) is 5.75 Å². The highest BCUT2D eigenvalue weighted by Crippen LogP contribution is 2.36. The second-order valence-corrected chi connectivity index (χ2v) is 9.34. The molecule has 156 valence electrons. The van der Waals surface area contributed by atoms with Gasteiger partial charge < -0.3 is 9.64 Å². The Morgan fingerprint density at radius 1 is 1.00 bits per heavy atom. The highest BCUT2D eigenvalue weighted by molar-refractivity contribution is 7.89. The molecule has 0 aromatic heterocycles. The molecule has 0 amide bonds. The Morgan fingerprint density at radius 3 is 2.28 bits per heavy atom. The number of nitrogens with zero attached hydrogens (tertiary/aromatic N) is 3. The molecule has 1 fully saturated rings. The van der Waals surface area contributed by atoms with Gasteiger partial charge in [-0.1, -0.05) is 6.07 Å². The maximum absolute atomic E-state index is 12.9. The van der Waals surface area contributed by atoms with E-state index in [0.717, 1.165) is 22.8 Å². The van der Waals surface area contributed by atoms with Crippen LogP contribution in [0.2, 0.25) is 0 Å². The van der Waals surface area contributed by atoms with Crippen molar-refractivity contribution >= 4 is 15.7 Å². The molecule has 2 aromatic rings. The topological polar surface area (TPSA) is 93.0 Å². The van der Waals surface area contributed by atoms with Crippen LogP contribution in [0, 0.1) is 30.9 Å². The normalized spacial score (nSPS) is 16.0. The molecule has 1 aliphatic rings. The Labute approximate surface area is 170 Å². The highest BCUT2D eigenvalue weighted by Gasteiger charge is 2.30. The monoisotopic (exact) mass is 419 g/mol. The third kappa shape index (κ3) is 4.42. The van der Waals surface area contributed by atoms with E-state index >= 15 is 0 Å². The molecule has 0 spiro atoms. The highest BCUT2D eigenvalue weighted by atomic mass is 32.2. The number of likely N-dealkylation sites (N-methyl/N-ethyl adjacent to an activating group) is 1. The molecule has 0 bridgehead atoms. The minimum absolute atomic E-state index is 0.0143. The zero-order valence-corrected chi connectivity index (χ0v) is 17.8. The van der Waals surface area contributed by atoms with Gasteiger partial charge in [0.25, 0.3) is 0 Å². The molecular formula is C20H25N3O5S. The first-order chi connectivity index (χ1) is 13.6. The standard InChI is InChI=1S/C20H25N3O5S/c1-14-11-15(2)16(3)20(12-14)28-19-6-5-17(13-18(19)23(24)25)29(26,27)22-9-7-21(4)8-10-22/h5-6,11-13H,7-10H2,1-4H3. The minimum atomic E-state index is -3.81. The molecule has 0 aliphatic carbocycles. The molecular weight excluding hydrogens is 394 g/mol. The molecule has 0 unspecified atom stereocenters. The van der Waals surface area contributed by atoms with Crippen LogP contribution in [0.3, 0.4) is 0 Å². The summed E-state index contributed by atoms with van der Waals surface area (Å²) in [6.07, 6.45) is 0. The Kier molecular flexibility index (Phi) is 5.92. The predicted octanol–water partition coefficient (Wildman–Crippen LogP) is 3.25. The predicted molar refractivity (Wildman–Crippen MR) is 110 cm³/mol. The number of ether oxygens (including phenoxy) is 1. The quantitative estimate of drug-likeness (QED) is 0.546. The van der Waals surface area contributed by atoms with Crippen LogP contribution in [0.25, 0.3) is 0 Å². The van der Waals surface area contributed by atoms with Gasteiger partial charge in [-0.2, -0.15) is 4.31 Å². The molecule has 0 saturated carbocycles. The van der Waals surface area contributed by atoms with Gasteiger partial charge in [-0.05, 0) is 62.7 Å². The largest absolute Gasteiger partial charge is 0.450 e. The first kappa shape index (κ1) is 21.2. The number of nitro groups is 1. The van der Waals surface area contributed by atoms with Crippen molar-refractivity contribution in [2.24, 2.45) is 0 Å². The summed E-state index contributed by atoms with van der Waals surface area (Å²) in [5, 5.41) is 11.6. The van der Waals surface area contributed by atoms with Gasteiger partial charge in [-0.3, -0.25) is 10.1 Å². The fourth-order valence-electron chi connectivity index (χ4n) is 3.29. The maximum atomic E-state index is 12.9. The lowest BCUT2D eigenvalue weighted by atomic mass is 10.1. The van der Waals surface area contributed by atoms with Gasteiger partial charge in [0.2, 0.25) is 15.8 Å². The van der Waals surface area contributed by atoms with E-state index in [1.807, 2.05) is 38.8 Å². The lowest BCUT2D eigenvalue weighted by Crippen LogP contribution is -2.47. The third-order valence-electron chi connectivity index (χ3n) is 5.21. The van der Waals surface area contributed by atoms with Gasteiger partial charge >= 0.3 is 5.69 Å². The number of nitro benzene ring substituents is 1. The van der Waals surface area contributed by atoms with E-state index in [1.54, 1.807) is 6.07 Å². The summed E-state index contributed by atoms with van der Waals surface area (Å²) in [6, 6.07) is 7.62. The summed E-state index contributed by atoms with van der Waals surface area (Å²) in [7, 11) is -1.88. The fourth-order valence-corrected chi connectivity index (χ4v) is 4.73. The first-order valence-electron chi connectivity index (χ1n) is 9.32. The average molecular weight is 420 g/mol. The second kappa shape index (κ2) is 8.10. The number of rotatable bonds is 5. The summed E-state index contributed by atoms with van der Waals surface area (Å²) in [4.78, 5) is 13.0. The molecule has 1 saturated heterocycles. The first-order valence-corrected chi connectivity index (χ1v) is 10.8. The SMILES string of the molecule is Cc1cc(C)c(C)c(Oc2ccc(S(=O)(=O)N3CCN(C)CC3)cc2[N+](=O)[O-])c1. The molecule has 2 aromatic carbocycles. The zero-order chi connectivity index (χ0) is 21.3. The summed E-state index contributed by atoms with van der Waals surface area (Å²) >= 11 is 0. The van der Waals surface area contributed by atoms with Crippen LogP contribution in [-0.4, -0.2) is 55.8 Å². The fraction of sp³-hybridized carbons (Fsp3) is 0.400. The van der Waals surface area contributed by atoms with E-state index in [-0.39, 0.29) is 16.3 Å². The van der Waals surface area contributed by atoms with E-state index in [1.165, 1.54) is 16.4 Å². The van der Waals surface area contributed by atoms with Crippen molar-refractivity contribution in [2.45, 2.75) is 25.7 Å². The second-order valence-electron chi connectivity index (χ2n) is 7.40. The van der Waals surface area contributed by atoms with Crippen LogP contribution in [0.15, 0.2) is 35.2 Å². The number of hydrogen-bond acceptors (Lipinski definition) is 6. The number of aryl methyl sites for hydroxylation is 2. The summed E-state index contributed by atoms with van der Waals surface area (Å²) < 4.78 is 33.0. The van der Waals surface area contributed by atoms with E-state index in [9.17, 15) is 18.5 Å². The number of sulfonamides is 1. The van der Waals surface area contributed by atoms with Crippen LogP contribution < -0.4 is 4.74 Å². The van der Waals surface area contributed by atoms with Crippen molar-refractivity contribution in [1.29, 1.82) is 0 Å². The number of piperazine rings is 1. The Morgan fingerprint density at radius 2 is 1.66 bits per heavy atom. The Hall–Kier alpha value is -2.49. The lowest BCUT2D eigenvalue weighted by Gasteiger charge is -2.31. The zero-order valence-electron chi connectivity index (χ0n) is 17.0. The van der Waals surface area contributed by atoms with Crippen molar-refractivity contribution in [3.63, 3.8) is 0 Å². The van der Waals surface area contributed by atoms with Gasteiger partial charge in [0, 0.05) is 32.2 Å². The van der Waals surface area contributed by atoms with E-state index in [4.69, 9.17) is 4.74 Å². The maximum Gasteiger partial charge on any atom is 0.312 e. The smallest absolute Gasteiger partial charge is 0.312 e. The van der Waals surface area contributed by atoms with Crippen molar-refractivity contribution in [3.05, 3.63) is 57.1 Å².